The van der Waals surface area contributed by atoms with Crippen molar-refractivity contribution in [1.82, 2.24) is 15.5 Å². The Hall–Kier alpha value is -0.810. The second kappa shape index (κ2) is 12.5. The van der Waals surface area contributed by atoms with Gasteiger partial charge in [-0.2, -0.15) is 0 Å². The van der Waals surface area contributed by atoms with Crippen LogP contribution < -0.4 is 10.6 Å². The fourth-order valence-corrected chi connectivity index (χ4v) is 2.95. The Kier molecular flexibility index (Phi) is 12.1. The Morgan fingerprint density at radius 3 is 2.58 bits per heavy atom. The van der Waals surface area contributed by atoms with Crippen molar-refractivity contribution in [2.24, 2.45) is 5.92 Å². The molecule has 0 radical (unpaired) electrons. The molecule has 0 aromatic heterocycles. The lowest BCUT2D eigenvalue weighted by atomic mass is 9.99. The monoisotopic (exact) mass is 375 g/mol. The van der Waals surface area contributed by atoms with Crippen molar-refractivity contribution in [3.63, 3.8) is 0 Å². The van der Waals surface area contributed by atoms with Gasteiger partial charge < -0.3 is 10.6 Å². The third-order valence-electron chi connectivity index (χ3n) is 4.43. The number of hydrogen-bond acceptors (Lipinski definition) is 3. The van der Waals surface area contributed by atoms with E-state index in [9.17, 15) is 4.79 Å². The first-order valence-electron chi connectivity index (χ1n) is 8.51. The molecule has 1 amide bonds. The summed E-state index contributed by atoms with van der Waals surface area (Å²) in [5.41, 5.74) is 2.50. The highest BCUT2D eigenvalue weighted by molar-refractivity contribution is 5.85. The highest BCUT2D eigenvalue weighted by Crippen LogP contribution is 2.11. The zero-order valence-electron chi connectivity index (χ0n) is 14.7. The lowest BCUT2D eigenvalue weighted by Gasteiger charge is -2.22. The van der Waals surface area contributed by atoms with Gasteiger partial charge in [-0.05, 0) is 43.6 Å². The summed E-state index contributed by atoms with van der Waals surface area (Å²) in [5, 5.41) is 6.38. The first-order chi connectivity index (χ1) is 10.7. The number of carbonyl (C=O) groups excluding carboxylic acids is 1. The molecular weight excluding hydrogens is 345 g/mol. The average Bonchev–Trinajstić information content (AvgIpc) is 2.58. The van der Waals surface area contributed by atoms with Gasteiger partial charge in [-0.1, -0.05) is 38.1 Å². The van der Waals surface area contributed by atoms with Crippen molar-refractivity contribution in [1.29, 1.82) is 0 Å². The van der Waals surface area contributed by atoms with Crippen LogP contribution in [0.15, 0.2) is 24.3 Å². The summed E-state index contributed by atoms with van der Waals surface area (Å²) in [6.45, 7) is 9.95. The molecule has 1 aliphatic heterocycles. The molecule has 1 aromatic carbocycles. The minimum absolute atomic E-state index is 0. The molecule has 0 spiro atoms. The highest BCUT2D eigenvalue weighted by Gasteiger charge is 2.20. The average molecular weight is 376 g/mol. The van der Waals surface area contributed by atoms with Crippen molar-refractivity contribution < 1.29 is 4.79 Å². The molecule has 1 aromatic rings. The van der Waals surface area contributed by atoms with Crippen LogP contribution in [-0.4, -0.2) is 37.0 Å². The van der Waals surface area contributed by atoms with Crippen molar-refractivity contribution in [2.75, 3.05) is 26.2 Å². The van der Waals surface area contributed by atoms with Gasteiger partial charge in [0.15, 0.2) is 0 Å². The molecule has 0 aliphatic carbocycles. The first-order valence-corrected chi connectivity index (χ1v) is 8.51. The van der Waals surface area contributed by atoms with Crippen LogP contribution in [0.1, 0.15) is 37.8 Å². The first kappa shape index (κ1) is 23.2. The molecule has 4 nitrogen and oxygen atoms in total. The summed E-state index contributed by atoms with van der Waals surface area (Å²) >= 11 is 0. The summed E-state index contributed by atoms with van der Waals surface area (Å²) in [5.74, 6) is 0.314. The van der Waals surface area contributed by atoms with E-state index in [-0.39, 0.29) is 36.6 Å². The van der Waals surface area contributed by atoms with Crippen LogP contribution in [0.2, 0.25) is 0 Å². The molecule has 0 bridgehead atoms. The van der Waals surface area contributed by atoms with Gasteiger partial charge in [0, 0.05) is 19.6 Å². The summed E-state index contributed by atoms with van der Waals surface area (Å²) in [6.07, 6.45) is 2.10. The van der Waals surface area contributed by atoms with Gasteiger partial charge in [0.1, 0.15) is 0 Å². The summed E-state index contributed by atoms with van der Waals surface area (Å²) in [7, 11) is 0. The van der Waals surface area contributed by atoms with Gasteiger partial charge in [0.05, 0.1) is 5.92 Å². The van der Waals surface area contributed by atoms with Gasteiger partial charge in [-0.15, -0.1) is 24.8 Å². The maximum absolute atomic E-state index is 12.2. The number of rotatable bonds is 7. The predicted octanol–water partition coefficient (Wildman–Crippen LogP) is 2.99. The molecule has 1 aliphatic rings. The fraction of sp³-hybridized carbons (Fsp3) is 0.611. The van der Waals surface area contributed by atoms with E-state index in [4.69, 9.17) is 0 Å². The lowest BCUT2D eigenvalue weighted by molar-refractivity contribution is -0.125. The van der Waals surface area contributed by atoms with E-state index in [1.807, 2.05) is 0 Å². The second-order valence-corrected chi connectivity index (χ2v) is 6.04. The molecule has 1 heterocycles. The smallest absolute Gasteiger partial charge is 0.224 e. The minimum atomic E-state index is 0. The maximum Gasteiger partial charge on any atom is 0.224 e. The number of nitrogens with one attached hydrogen (secondary N) is 2. The van der Waals surface area contributed by atoms with Crippen molar-refractivity contribution in [2.45, 2.75) is 39.8 Å². The number of carbonyl (C=O) groups is 1. The molecule has 1 atom stereocenters. The molecule has 2 rings (SSSR count). The fourth-order valence-electron chi connectivity index (χ4n) is 2.95. The van der Waals surface area contributed by atoms with Crippen LogP contribution in [0.3, 0.4) is 0 Å². The van der Waals surface area contributed by atoms with Crippen LogP contribution in [0.4, 0.5) is 0 Å². The normalized spacial score (nSPS) is 16.9. The highest BCUT2D eigenvalue weighted by atomic mass is 35.5. The Morgan fingerprint density at radius 1 is 1.25 bits per heavy atom. The molecular formula is C18H31Cl2N3O. The molecule has 138 valence electrons. The van der Waals surface area contributed by atoms with Gasteiger partial charge in [0.25, 0.3) is 0 Å². The van der Waals surface area contributed by atoms with Crippen LogP contribution in [-0.2, 0) is 17.9 Å². The van der Waals surface area contributed by atoms with Crippen LogP contribution in [0.5, 0.6) is 0 Å². The number of nitrogens with zero attached hydrogens (tertiary/aromatic N) is 1. The third-order valence-corrected chi connectivity index (χ3v) is 4.43. The molecule has 1 unspecified atom stereocenters. The number of amides is 1. The Morgan fingerprint density at radius 2 is 1.96 bits per heavy atom. The quantitative estimate of drug-likeness (QED) is 0.769. The van der Waals surface area contributed by atoms with E-state index in [0.29, 0.717) is 6.54 Å². The SMILES string of the molecule is CCN(CC)Cc1cccc(CNC(=O)C2CCCNC2)c1.Cl.Cl. The Balaban J connectivity index is 0.00000264. The van der Waals surface area contributed by atoms with Crippen LogP contribution in [0.25, 0.3) is 0 Å². The largest absolute Gasteiger partial charge is 0.352 e. The van der Waals surface area contributed by atoms with E-state index >= 15 is 0 Å². The van der Waals surface area contributed by atoms with Gasteiger partial charge >= 0.3 is 0 Å². The molecule has 1 fully saturated rings. The molecule has 24 heavy (non-hydrogen) atoms. The number of benzene rings is 1. The molecule has 1 saturated heterocycles. The Labute approximate surface area is 158 Å². The summed E-state index contributed by atoms with van der Waals surface area (Å²) < 4.78 is 0. The number of halogens is 2. The van der Waals surface area contributed by atoms with Crippen LogP contribution >= 0.6 is 24.8 Å². The van der Waals surface area contributed by atoms with E-state index < -0.39 is 0 Å². The lowest BCUT2D eigenvalue weighted by Crippen LogP contribution is -2.40. The minimum Gasteiger partial charge on any atom is -0.352 e. The third kappa shape index (κ3) is 7.39. The molecule has 2 N–H and O–H groups in total. The van der Waals surface area contributed by atoms with E-state index in [1.165, 1.54) is 11.1 Å². The van der Waals surface area contributed by atoms with E-state index in [0.717, 1.165) is 45.6 Å². The molecule has 0 saturated carbocycles. The van der Waals surface area contributed by atoms with E-state index in [2.05, 4.69) is 53.6 Å². The topological polar surface area (TPSA) is 44.4 Å². The van der Waals surface area contributed by atoms with Crippen molar-refractivity contribution >= 4 is 30.7 Å². The molecule has 6 heteroatoms. The van der Waals surface area contributed by atoms with Gasteiger partial charge in [-0.3, -0.25) is 9.69 Å². The van der Waals surface area contributed by atoms with Gasteiger partial charge in [-0.25, -0.2) is 0 Å². The zero-order chi connectivity index (χ0) is 15.8. The predicted molar refractivity (Wildman–Crippen MR) is 105 cm³/mol. The van der Waals surface area contributed by atoms with Gasteiger partial charge in [0.2, 0.25) is 5.91 Å². The maximum atomic E-state index is 12.2. The van der Waals surface area contributed by atoms with Crippen molar-refractivity contribution in [3.05, 3.63) is 35.4 Å². The van der Waals surface area contributed by atoms with Crippen LogP contribution in [0, 0.1) is 5.92 Å². The number of piperidine rings is 1. The zero-order valence-corrected chi connectivity index (χ0v) is 16.3. The second-order valence-electron chi connectivity index (χ2n) is 6.04. The Bertz CT molecular complexity index is 475. The summed E-state index contributed by atoms with van der Waals surface area (Å²) in [4.78, 5) is 14.6. The summed E-state index contributed by atoms with van der Waals surface area (Å²) in [6, 6.07) is 8.54. The van der Waals surface area contributed by atoms with E-state index in [1.54, 1.807) is 0 Å². The standard InChI is InChI=1S/C18H29N3O.2ClH/c1-3-21(4-2)14-16-8-5-7-15(11-16)12-20-18(22)17-9-6-10-19-13-17;;/h5,7-8,11,17,19H,3-4,6,9-10,12-14H2,1-2H3,(H,20,22);2*1H. The van der Waals surface area contributed by atoms with Crippen molar-refractivity contribution in [3.8, 4) is 0 Å². The number of hydrogen-bond donors (Lipinski definition) is 2.